The minimum Gasteiger partial charge on any atom is -0.496 e. The molecule has 144 valence electrons. The van der Waals surface area contributed by atoms with Crippen molar-refractivity contribution in [2.45, 2.75) is 0 Å². The molecular weight excluding hydrogens is 368 g/mol. The first kappa shape index (κ1) is 19.1. The summed E-state index contributed by atoms with van der Waals surface area (Å²) in [4.78, 5) is 16.7. The summed E-state index contributed by atoms with van der Waals surface area (Å²) in [5.41, 5.74) is 0.821. The molecule has 6 nitrogen and oxygen atoms in total. The molecule has 3 aromatic rings. The first-order chi connectivity index (χ1) is 13.5. The fourth-order valence-corrected chi connectivity index (χ4v) is 2.54. The van der Waals surface area contributed by atoms with Crippen LogP contribution >= 0.6 is 0 Å². The number of nitrogens with one attached hydrogen (secondary N) is 2. The van der Waals surface area contributed by atoms with E-state index in [1.165, 1.54) is 26.5 Å². The van der Waals surface area contributed by atoms with E-state index in [-0.39, 0.29) is 17.1 Å². The molecule has 1 aromatic heterocycles. The number of rotatable bonds is 6. The molecule has 0 fully saturated rings. The smallest absolute Gasteiger partial charge is 0.264 e. The Labute approximate surface area is 160 Å². The maximum absolute atomic E-state index is 13.7. The zero-order valence-electron chi connectivity index (χ0n) is 15.1. The van der Waals surface area contributed by atoms with Crippen molar-refractivity contribution < 1.29 is 23.0 Å². The number of anilines is 3. The van der Waals surface area contributed by atoms with E-state index in [4.69, 9.17) is 9.47 Å². The van der Waals surface area contributed by atoms with Crippen molar-refractivity contribution >= 4 is 23.1 Å². The van der Waals surface area contributed by atoms with E-state index in [2.05, 4.69) is 15.6 Å². The molecule has 0 bridgehead atoms. The summed E-state index contributed by atoms with van der Waals surface area (Å²) < 4.78 is 37.1. The van der Waals surface area contributed by atoms with Crippen molar-refractivity contribution in [3.63, 3.8) is 0 Å². The molecule has 3 rings (SSSR count). The monoisotopic (exact) mass is 385 g/mol. The molecule has 28 heavy (non-hydrogen) atoms. The predicted molar refractivity (Wildman–Crippen MR) is 101 cm³/mol. The first-order valence-electron chi connectivity index (χ1n) is 8.22. The van der Waals surface area contributed by atoms with Gasteiger partial charge in [0.05, 0.1) is 31.8 Å². The molecular formula is C20H17F2N3O3. The average molecular weight is 385 g/mol. The summed E-state index contributed by atoms with van der Waals surface area (Å²) >= 11 is 0. The number of pyridine rings is 1. The summed E-state index contributed by atoms with van der Waals surface area (Å²) in [6.45, 7) is 0. The van der Waals surface area contributed by atoms with Crippen LogP contribution in [0, 0.1) is 11.6 Å². The lowest BCUT2D eigenvalue weighted by Crippen LogP contribution is -2.15. The van der Waals surface area contributed by atoms with Crippen LogP contribution in [0.3, 0.4) is 0 Å². The number of benzene rings is 2. The summed E-state index contributed by atoms with van der Waals surface area (Å²) in [5.74, 6) is -0.828. The van der Waals surface area contributed by atoms with E-state index < -0.39 is 17.5 Å². The summed E-state index contributed by atoms with van der Waals surface area (Å²) in [6.07, 6.45) is 1.41. The topological polar surface area (TPSA) is 72.5 Å². The highest BCUT2D eigenvalue weighted by atomic mass is 19.1. The van der Waals surface area contributed by atoms with Crippen molar-refractivity contribution in [2.75, 3.05) is 24.9 Å². The molecule has 0 saturated heterocycles. The lowest BCUT2D eigenvalue weighted by molar-refractivity contribution is 0.102. The molecule has 0 saturated carbocycles. The predicted octanol–water partition coefficient (Wildman–Crippen LogP) is 4.37. The number of amides is 1. The zero-order chi connectivity index (χ0) is 20.1. The van der Waals surface area contributed by atoms with Gasteiger partial charge >= 0.3 is 0 Å². The summed E-state index contributed by atoms with van der Waals surface area (Å²) in [7, 11) is 2.91. The SMILES string of the molecule is COc1cccc(OC)c1C(=O)Nc1ccc(Nc2ccc(F)cc2F)cn1. The van der Waals surface area contributed by atoms with Gasteiger partial charge in [-0.05, 0) is 36.4 Å². The van der Waals surface area contributed by atoms with E-state index in [0.29, 0.717) is 17.2 Å². The van der Waals surface area contributed by atoms with Crippen molar-refractivity contribution in [1.82, 2.24) is 4.98 Å². The Morgan fingerprint density at radius 2 is 1.71 bits per heavy atom. The van der Waals surface area contributed by atoms with Crippen LogP contribution in [-0.2, 0) is 0 Å². The average Bonchev–Trinajstić information content (AvgIpc) is 2.70. The van der Waals surface area contributed by atoms with Crippen LogP contribution in [0.25, 0.3) is 0 Å². The Morgan fingerprint density at radius 3 is 2.29 bits per heavy atom. The lowest BCUT2D eigenvalue weighted by Gasteiger charge is -2.13. The van der Waals surface area contributed by atoms with E-state index in [1.807, 2.05) is 0 Å². The van der Waals surface area contributed by atoms with Crippen molar-refractivity contribution in [3.05, 3.63) is 71.9 Å². The van der Waals surface area contributed by atoms with E-state index >= 15 is 0 Å². The quantitative estimate of drug-likeness (QED) is 0.659. The van der Waals surface area contributed by atoms with Crippen LogP contribution < -0.4 is 20.1 Å². The van der Waals surface area contributed by atoms with E-state index in [9.17, 15) is 13.6 Å². The van der Waals surface area contributed by atoms with Gasteiger partial charge in [-0.2, -0.15) is 0 Å². The van der Waals surface area contributed by atoms with Crippen LogP contribution in [0.1, 0.15) is 10.4 Å². The number of aromatic nitrogens is 1. The Morgan fingerprint density at radius 1 is 1.00 bits per heavy atom. The standard InChI is InChI=1S/C20H17F2N3O3/c1-27-16-4-3-5-17(28-2)19(16)20(26)25-18-9-7-13(11-23-18)24-15-8-6-12(21)10-14(15)22/h3-11,24H,1-2H3,(H,23,25,26). The highest BCUT2D eigenvalue weighted by Gasteiger charge is 2.18. The van der Waals surface area contributed by atoms with Gasteiger partial charge in [0.25, 0.3) is 5.91 Å². The molecule has 0 spiro atoms. The van der Waals surface area contributed by atoms with Crippen molar-refractivity contribution in [1.29, 1.82) is 0 Å². The minimum absolute atomic E-state index is 0.110. The van der Waals surface area contributed by atoms with Gasteiger partial charge in [-0.15, -0.1) is 0 Å². The number of methoxy groups -OCH3 is 2. The van der Waals surface area contributed by atoms with Crippen LogP contribution in [-0.4, -0.2) is 25.1 Å². The fourth-order valence-electron chi connectivity index (χ4n) is 2.54. The van der Waals surface area contributed by atoms with E-state index in [1.54, 1.807) is 30.3 Å². The van der Waals surface area contributed by atoms with E-state index in [0.717, 1.165) is 12.1 Å². The normalized spacial score (nSPS) is 10.3. The first-order valence-corrected chi connectivity index (χ1v) is 8.22. The fraction of sp³-hybridized carbons (Fsp3) is 0.100. The van der Waals surface area contributed by atoms with Gasteiger partial charge in [0.15, 0.2) is 0 Å². The largest absolute Gasteiger partial charge is 0.496 e. The minimum atomic E-state index is -0.722. The molecule has 1 amide bonds. The molecule has 1 heterocycles. The third kappa shape index (κ3) is 4.17. The second-order valence-corrected chi connectivity index (χ2v) is 5.67. The van der Waals surface area contributed by atoms with Crippen LogP contribution in [0.4, 0.5) is 26.0 Å². The molecule has 0 unspecified atom stereocenters. The van der Waals surface area contributed by atoms with Gasteiger partial charge in [-0.1, -0.05) is 6.07 Å². The Hall–Kier alpha value is -3.68. The number of carbonyl (C=O) groups excluding carboxylic acids is 1. The molecule has 0 atom stereocenters. The van der Waals surface area contributed by atoms with Crippen LogP contribution in [0.15, 0.2) is 54.7 Å². The molecule has 2 N–H and O–H groups in total. The second kappa shape index (κ2) is 8.34. The molecule has 0 aliphatic rings. The maximum Gasteiger partial charge on any atom is 0.264 e. The van der Waals surface area contributed by atoms with Gasteiger partial charge in [0.2, 0.25) is 0 Å². The number of carbonyl (C=O) groups is 1. The Balaban J connectivity index is 1.75. The molecule has 0 aliphatic heterocycles. The van der Waals surface area contributed by atoms with Crippen molar-refractivity contribution in [3.8, 4) is 11.5 Å². The van der Waals surface area contributed by atoms with Crippen LogP contribution in [0.2, 0.25) is 0 Å². The molecule has 2 aromatic carbocycles. The Kier molecular flexibility index (Phi) is 5.69. The number of hydrogen-bond donors (Lipinski definition) is 2. The maximum atomic E-state index is 13.7. The van der Waals surface area contributed by atoms with Gasteiger partial charge < -0.3 is 20.1 Å². The highest BCUT2D eigenvalue weighted by molar-refractivity contribution is 6.07. The number of ether oxygens (including phenoxy) is 2. The zero-order valence-corrected chi connectivity index (χ0v) is 15.1. The third-order valence-electron chi connectivity index (χ3n) is 3.87. The summed E-state index contributed by atoms with van der Waals surface area (Å²) in [6, 6.07) is 11.4. The lowest BCUT2D eigenvalue weighted by atomic mass is 10.1. The highest BCUT2D eigenvalue weighted by Crippen LogP contribution is 2.29. The Bertz CT molecular complexity index is 972. The summed E-state index contributed by atoms with van der Waals surface area (Å²) in [5, 5.41) is 5.45. The van der Waals surface area contributed by atoms with Gasteiger partial charge in [-0.3, -0.25) is 4.79 Å². The van der Waals surface area contributed by atoms with Crippen molar-refractivity contribution in [2.24, 2.45) is 0 Å². The number of hydrogen-bond acceptors (Lipinski definition) is 5. The number of halogens is 2. The van der Waals surface area contributed by atoms with Crippen LogP contribution in [0.5, 0.6) is 11.5 Å². The van der Waals surface area contributed by atoms with Gasteiger partial charge in [0.1, 0.15) is 34.5 Å². The molecule has 0 aliphatic carbocycles. The third-order valence-corrected chi connectivity index (χ3v) is 3.87. The number of nitrogens with zero attached hydrogens (tertiary/aromatic N) is 1. The van der Waals surface area contributed by atoms with Gasteiger partial charge in [-0.25, -0.2) is 13.8 Å². The molecule has 8 heteroatoms. The molecule has 0 radical (unpaired) electrons. The second-order valence-electron chi connectivity index (χ2n) is 5.67. The van der Waals surface area contributed by atoms with Gasteiger partial charge in [0, 0.05) is 6.07 Å².